The normalized spacial score (nSPS) is 17.9. The van der Waals surface area contributed by atoms with Gasteiger partial charge < -0.3 is 15.1 Å². The molecule has 2 rings (SSSR count). The van der Waals surface area contributed by atoms with Gasteiger partial charge in [-0.25, -0.2) is 4.98 Å². The van der Waals surface area contributed by atoms with E-state index in [1.54, 1.807) is 6.20 Å². The fraction of sp³-hybridized carbons (Fsp3) is 0.733. The van der Waals surface area contributed by atoms with Crippen molar-refractivity contribution in [3.63, 3.8) is 0 Å². The minimum Gasteiger partial charge on any atom is -0.444 e. The van der Waals surface area contributed by atoms with Crippen molar-refractivity contribution < 1.29 is 9.21 Å². The molecule has 1 fully saturated rings. The molecule has 1 aromatic heterocycles. The highest BCUT2D eigenvalue weighted by Gasteiger charge is 2.32. The van der Waals surface area contributed by atoms with Crippen molar-refractivity contribution in [3.8, 4) is 0 Å². The molecule has 2 N–H and O–H groups in total. The van der Waals surface area contributed by atoms with Crippen molar-refractivity contribution in [3.05, 3.63) is 17.8 Å². The molecule has 0 radical (unpaired) electrons. The van der Waals surface area contributed by atoms with Gasteiger partial charge in [-0.15, -0.1) is 0 Å². The summed E-state index contributed by atoms with van der Waals surface area (Å²) in [6, 6.07) is 0. The molecule has 0 unspecified atom stereocenters. The van der Waals surface area contributed by atoms with Gasteiger partial charge in [-0.3, -0.25) is 4.79 Å². The SMILES string of the molecule is CCc1cnc(CNC(=O)CC2(NC)CCCCC2)o1. The summed E-state index contributed by atoms with van der Waals surface area (Å²) >= 11 is 0. The maximum Gasteiger partial charge on any atom is 0.222 e. The van der Waals surface area contributed by atoms with Crippen molar-refractivity contribution in [2.75, 3.05) is 7.05 Å². The Morgan fingerprint density at radius 1 is 1.40 bits per heavy atom. The second-order valence-electron chi connectivity index (χ2n) is 5.62. The largest absolute Gasteiger partial charge is 0.444 e. The molecule has 20 heavy (non-hydrogen) atoms. The van der Waals surface area contributed by atoms with Crippen molar-refractivity contribution in [2.45, 2.75) is 64.0 Å². The number of nitrogens with one attached hydrogen (secondary N) is 2. The molecule has 1 amide bonds. The van der Waals surface area contributed by atoms with Crippen LogP contribution in [0.15, 0.2) is 10.6 Å². The van der Waals surface area contributed by atoms with E-state index in [0.29, 0.717) is 18.9 Å². The van der Waals surface area contributed by atoms with E-state index < -0.39 is 0 Å². The quantitative estimate of drug-likeness (QED) is 0.837. The monoisotopic (exact) mass is 279 g/mol. The Hall–Kier alpha value is -1.36. The Bertz CT molecular complexity index is 436. The summed E-state index contributed by atoms with van der Waals surface area (Å²) in [5.74, 6) is 1.50. The molecule has 1 saturated carbocycles. The second kappa shape index (κ2) is 6.88. The van der Waals surface area contributed by atoms with Gasteiger partial charge >= 0.3 is 0 Å². The van der Waals surface area contributed by atoms with Crippen LogP contribution in [0.25, 0.3) is 0 Å². The molecular weight excluding hydrogens is 254 g/mol. The van der Waals surface area contributed by atoms with Gasteiger partial charge in [0.15, 0.2) is 0 Å². The Kier molecular flexibility index (Phi) is 5.17. The third kappa shape index (κ3) is 3.82. The lowest BCUT2D eigenvalue weighted by atomic mass is 9.79. The number of hydrogen-bond acceptors (Lipinski definition) is 4. The third-order valence-corrected chi connectivity index (χ3v) is 4.23. The molecule has 112 valence electrons. The summed E-state index contributed by atoms with van der Waals surface area (Å²) in [7, 11) is 1.96. The summed E-state index contributed by atoms with van der Waals surface area (Å²) in [4.78, 5) is 16.3. The molecule has 1 aliphatic rings. The zero-order valence-electron chi connectivity index (χ0n) is 12.5. The zero-order chi connectivity index (χ0) is 14.4. The highest BCUT2D eigenvalue weighted by Crippen LogP contribution is 2.30. The Morgan fingerprint density at radius 3 is 2.75 bits per heavy atom. The minimum absolute atomic E-state index is 0.0203. The number of hydrogen-bond donors (Lipinski definition) is 2. The molecule has 0 spiro atoms. The summed E-state index contributed by atoms with van der Waals surface area (Å²) in [6.07, 6.45) is 8.92. The molecule has 1 heterocycles. The van der Waals surface area contributed by atoms with Crippen LogP contribution in [0.3, 0.4) is 0 Å². The van der Waals surface area contributed by atoms with Crippen LogP contribution in [0.5, 0.6) is 0 Å². The van der Waals surface area contributed by atoms with Gasteiger partial charge in [0.1, 0.15) is 5.76 Å². The average molecular weight is 279 g/mol. The number of aryl methyl sites for hydroxylation is 1. The molecule has 0 atom stereocenters. The number of oxazole rings is 1. The number of rotatable bonds is 6. The number of nitrogens with zero attached hydrogens (tertiary/aromatic N) is 1. The third-order valence-electron chi connectivity index (χ3n) is 4.23. The van der Waals surface area contributed by atoms with Gasteiger partial charge in [-0.05, 0) is 19.9 Å². The van der Waals surface area contributed by atoms with Crippen LogP contribution in [0.1, 0.15) is 57.1 Å². The van der Waals surface area contributed by atoms with Crippen LogP contribution < -0.4 is 10.6 Å². The van der Waals surface area contributed by atoms with Crippen LogP contribution >= 0.6 is 0 Å². The van der Waals surface area contributed by atoms with Crippen LogP contribution in [-0.4, -0.2) is 23.5 Å². The van der Waals surface area contributed by atoms with E-state index in [0.717, 1.165) is 25.0 Å². The molecule has 1 aliphatic carbocycles. The van der Waals surface area contributed by atoms with Crippen LogP contribution in [0, 0.1) is 0 Å². The van der Waals surface area contributed by atoms with E-state index in [9.17, 15) is 4.79 Å². The first-order valence-electron chi connectivity index (χ1n) is 7.56. The van der Waals surface area contributed by atoms with Crippen molar-refractivity contribution >= 4 is 5.91 Å². The molecule has 1 aromatic rings. The number of carbonyl (C=O) groups excluding carboxylic acids is 1. The molecular formula is C15H25N3O2. The molecule has 0 aromatic carbocycles. The van der Waals surface area contributed by atoms with Gasteiger partial charge in [0.25, 0.3) is 0 Å². The Morgan fingerprint density at radius 2 is 2.15 bits per heavy atom. The topological polar surface area (TPSA) is 67.2 Å². The van der Waals surface area contributed by atoms with Crippen molar-refractivity contribution in [1.82, 2.24) is 15.6 Å². The minimum atomic E-state index is -0.0203. The van der Waals surface area contributed by atoms with Gasteiger partial charge in [0.05, 0.1) is 12.7 Å². The lowest BCUT2D eigenvalue weighted by Crippen LogP contribution is -2.48. The Balaban J connectivity index is 1.82. The molecule has 0 aliphatic heterocycles. The first-order chi connectivity index (χ1) is 9.67. The van der Waals surface area contributed by atoms with Gasteiger partial charge in [0.2, 0.25) is 11.8 Å². The standard InChI is InChI=1S/C15H25N3O2/c1-3-12-10-18-14(20-12)11-17-13(19)9-15(16-2)7-5-4-6-8-15/h10,16H,3-9,11H2,1-2H3,(H,17,19). The summed E-state index contributed by atoms with van der Waals surface area (Å²) < 4.78 is 5.48. The average Bonchev–Trinajstić information content (AvgIpc) is 2.94. The predicted octanol–water partition coefficient (Wildman–Crippen LogP) is 2.17. The first kappa shape index (κ1) is 15.0. The predicted molar refractivity (Wildman–Crippen MR) is 77.2 cm³/mol. The van der Waals surface area contributed by atoms with Crippen LogP contribution in [-0.2, 0) is 17.8 Å². The van der Waals surface area contributed by atoms with Crippen molar-refractivity contribution in [2.24, 2.45) is 0 Å². The molecule has 5 heteroatoms. The smallest absolute Gasteiger partial charge is 0.222 e. The summed E-state index contributed by atoms with van der Waals surface area (Å²) in [5.41, 5.74) is -0.0203. The van der Waals surface area contributed by atoms with Crippen molar-refractivity contribution in [1.29, 1.82) is 0 Å². The van der Waals surface area contributed by atoms with Gasteiger partial charge in [-0.2, -0.15) is 0 Å². The molecule has 5 nitrogen and oxygen atoms in total. The van der Waals surface area contributed by atoms with E-state index in [1.807, 2.05) is 14.0 Å². The fourth-order valence-electron chi connectivity index (χ4n) is 2.88. The number of carbonyl (C=O) groups is 1. The maximum absolute atomic E-state index is 12.1. The first-order valence-corrected chi connectivity index (χ1v) is 7.56. The summed E-state index contributed by atoms with van der Waals surface area (Å²) in [6.45, 7) is 2.39. The number of amides is 1. The molecule has 0 bridgehead atoms. The highest BCUT2D eigenvalue weighted by molar-refractivity contribution is 5.77. The Labute approximate surface area is 120 Å². The maximum atomic E-state index is 12.1. The fourth-order valence-corrected chi connectivity index (χ4v) is 2.88. The highest BCUT2D eigenvalue weighted by atomic mass is 16.4. The molecule has 0 saturated heterocycles. The second-order valence-corrected chi connectivity index (χ2v) is 5.62. The van der Waals surface area contributed by atoms with Crippen LogP contribution in [0.4, 0.5) is 0 Å². The van der Waals surface area contributed by atoms with Crippen LogP contribution in [0.2, 0.25) is 0 Å². The van der Waals surface area contributed by atoms with E-state index >= 15 is 0 Å². The lowest BCUT2D eigenvalue weighted by Gasteiger charge is -2.36. The summed E-state index contributed by atoms with van der Waals surface area (Å²) in [5, 5.41) is 6.27. The van der Waals surface area contributed by atoms with E-state index in [4.69, 9.17) is 4.42 Å². The van der Waals surface area contributed by atoms with E-state index in [2.05, 4.69) is 15.6 Å². The number of aromatic nitrogens is 1. The lowest BCUT2D eigenvalue weighted by molar-refractivity contribution is -0.123. The van der Waals surface area contributed by atoms with Gasteiger partial charge in [0, 0.05) is 18.4 Å². The zero-order valence-corrected chi connectivity index (χ0v) is 12.5. The van der Waals surface area contributed by atoms with Gasteiger partial charge in [-0.1, -0.05) is 26.2 Å². The van der Waals surface area contributed by atoms with E-state index in [1.165, 1.54) is 19.3 Å². The van der Waals surface area contributed by atoms with E-state index in [-0.39, 0.29) is 11.4 Å².